The Labute approximate surface area is 147 Å². The van der Waals surface area contributed by atoms with Gasteiger partial charge in [0, 0.05) is 12.2 Å². The third-order valence-electron chi connectivity index (χ3n) is 4.57. The van der Waals surface area contributed by atoms with E-state index in [-0.39, 0.29) is 35.2 Å². The summed E-state index contributed by atoms with van der Waals surface area (Å²) in [5.41, 5.74) is 1.78. The Morgan fingerprint density at radius 1 is 1.20 bits per heavy atom. The summed E-state index contributed by atoms with van der Waals surface area (Å²) in [6.45, 7) is 4.39. The van der Waals surface area contributed by atoms with Crippen LogP contribution in [0.4, 0.5) is 0 Å². The predicted molar refractivity (Wildman–Crippen MR) is 96.8 cm³/mol. The zero-order chi connectivity index (χ0) is 17.8. The fourth-order valence-corrected chi connectivity index (χ4v) is 3.07. The Bertz CT molecular complexity index is 783. The molecule has 2 N–H and O–H groups in total. The molecule has 2 aromatic rings. The molecule has 5 nitrogen and oxygen atoms in total. The van der Waals surface area contributed by atoms with Gasteiger partial charge in [-0.25, -0.2) is 0 Å². The highest BCUT2D eigenvalue weighted by atomic mass is 16.5. The average molecular weight is 340 g/mol. The number of benzene rings is 1. The van der Waals surface area contributed by atoms with E-state index in [0.717, 1.165) is 24.1 Å². The van der Waals surface area contributed by atoms with Crippen molar-refractivity contribution in [2.75, 3.05) is 6.54 Å². The summed E-state index contributed by atoms with van der Waals surface area (Å²) < 4.78 is 6.01. The van der Waals surface area contributed by atoms with Gasteiger partial charge in [0.2, 0.25) is 0 Å². The largest absolute Gasteiger partial charge is 0.368 e. The zero-order valence-electron chi connectivity index (χ0n) is 14.6. The fraction of sp³-hybridized carbons (Fsp3) is 0.400. The molecule has 3 rings (SSSR count). The number of ether oxygens (including phenoxy) is 1. The highest BCUT2D eigenvalue weighted by molar-refractivity contribution is 5.93. The zero-order valence-corrected chi connectivity index (χ0v) is 14.6. The summed E-state index contributed by atoms with van der Waals surface area (Å²) in [6, 6.07) is 13.5. The van der Waals surface area contributed by atoms with Gasteiger partial charge in [-0.05, 0) is 36.5 Å². The summed E-state index contributed by atoms with van der Waals surface area (Å²) in [6.07, 6.45) is 1.89. The number of H-pyrrole nitrogens is 1. The summed E-state index contributed by atoms with van der Waals surface area (Å²) >= 11 is 0. The van der Waals surface area contributed by atoms with Crippen LogP contribution in [0, 0.1) is 0 Å². The molecule has 25 heavy (non-hydrogen) atoms. The summed E-state index contributed by atoms with van der Waals surface area (Å²) in [4.78, 5) is 27.1. The second-order valence-electron chi connectivity index (χ2n) is 6.76. The Morgan fingerprint density at radius 2 is 1.96 bits per heavy atom. The van der Waals surface area contributed by atoms with Crippen molar-refractivity contribution in [3.8, 4) is 0 Å². The maximum atomic E-state index is 12.3. The first kappa shape index (κ1) is 17.4. The van der Waals surface area contributed by atoms with E-state index in [1.807, 2.05) is 32.0 Å². The molecule has 0 unspecified atom stereocenters. The number of carbonyl (C=O) groups excluding carboxylic acids is 1. The van der Waals surface area contributed by atoms with E-state index in [4.69, 9.17) is 4.74 Å². The van der Waals surface area contributed by atoms with Crippen LogP contribution < -0.4 is 10.9 Å². The van der Waals surface area contributed by atoms with Crippen LogP contribution in [0.2, 0.25) is 0 Å². The van der Waals surface area contributed by atoms with E-state index in [2.05, 4.69) is 22.4 Å². The molecule has 1 aliphatic heterocycles. The molecule has 1 amide bonds. The van der Waals surface area contributed by atoms with Gasteiger partial charge in [0.15, 0.2) is 0 Å². The van der Waals surface area contributed by atoms with Gasteiger partial charge in [0.05, 0.1) is 12.2 Å². The van der Waals surface area contributed by atoms with Crippen molar-refractivity contribution in [2.24, 2.45) is 0 Å². The molecular formula is C20H24N2O3. The van der Waals surface area contributed by atoms with E-state index in [0.29, 0.717) is 6.54 Å². The second-order valence-corrected chi connectivity index (χ2v) is 6.76. The van der Waals surface area contributed by atoms with Crippen LogP contribution in [0.1, 0.15) is 60.3 Å². The maximum Gasteiger partial charge on any atom is 0.261 e. The van der Waals surface area contributed by atoms with Crippen molar-refractivity contribution in [1.82, 2.24) is 10.3 Å². The molecule has 0 bridgehead atoms. The lowest BCUT2D eigenvalue weighted by Crippen LogP contribution is -2.35. The minimum atomic E-state index is -0.358. The first-order chi connectivity index (χ1) is 12.0. The molecular weight excluding hydrogens is 316 g/mol. The monoisotopic (exact) mass is 340 g/mol. The number of hydrogen-bond donors (Lipinski definition) is 2. The highest BCUT2D eigenvalue weighted by Gasteiger charge is 2.26. The van der Waals surface area contributed by atoms with E-state index < -0.39 is 0 Å². The number of rotatable bonds is 5. The van der Waals surface area contributed by atoms with Gasteiger partial charge in [0.1, 0.15) is 5.56 Å². The summed E-state index contributed by atoms with van der Waals surface area (Å²) in [5, 5.41) is 2.82. The van der Waals surface area contributed by atoms with Crippen LogP contribution in [0.15, 0.2) is 47.3 Å². The van der Waals surface area contributed by atoms with Crippen LogP contribution in [0.25, 0.3) is 0 Å². The van der Waals surface area contributed by atoms with Crippen molar-refractivity contribution < 1.29 is 9.53 Å². The van der Waals surface area contributed by atoms with Crippen molar-refractivity contribution in [2.45, 2.75) is 44.8 Å². The first-order valence-corrected chi connectivity index (χ1v) is 8.76. The lowest BCUT2D eigenvalue weighted by Gasteiger charge is -2.15. The normalized spacial score (nSPS) is 20.0. The maximum absolute atomic E-state index is 12.3. The van der Waals surface area contributed by atoms with Crippen LogP contribution in [-0.4, -0.2) is 23.5 Å². The Kier molecular flexibility index (Phi) is 5.34. The number of amides is 1. The molecule has 1 aliphatic rings. The van der Waals surface area contributed by atoms with E-state index in [9.17, 15) is 9.59 Å². The molecule has 1 aromatic carbocycles. The number of nitrogens with one attached hydrogen (secondary N) is 2. The predicted octanol–water partition coefficient (Wildman–Crippen LogP) is 3.15. The van der Waals surface area contributed by atoms with Gasteiger partial charge in [0.25, 0.3) is 11.5 Å². The van der Waals surface area contributed by atoms with Crippen LogP contribution >= 0.6 is 0 Å². The number of aromatic amines is 1. The smallest absolute Gasteiger partial charge is 0.261 e. The van der Waals surface area contributed by atoms with Gasteiger partial charge in [-0.2, -0.15) is 0 Å². The molecule has 0 aliphatic carbocycles. The minimum Gasteiger partial charge on any atom is -0.368 e. The van der Waals surface area contributed by atoms with Crippen molar-refractivity contribution in [3.63, 3.8) is 0 Å². The standard InChI is InChI=1S/C20H24N2O3/c1-13(2)17-10-9-16(20(24)22-17)19(23)21-12-15-8-11-18(25-15)14-6-4-3-5-7-14/h3-7,9-10,13,15,18H,8,11-12H2,1-2H3,(H,21,23)(H,22,24)/t15-,18-/m1/s1. The molecule has 2 atom stereocenters. The Balaban J connectivity index is 1.56. The quantitative estimate of drug-likeness (QED) is 0.878. The van der Waals surface area contributed by atoms with E-state index in [1.54, 1.807) is 12.1 Å². The summed E-state index contributed by atoms with van der Waals surface area (Å²) in [7, 11) is 0. The van der Waals surface area contributed by atoms with Crippen molar-refractivity contribution in [1.29, 1.82) is 0 Å². The van der Waals surface area contributed by atoms with Gasteiger partial charge < -0.3 is 15.0 Å². The van der Waals surface area contributed by atoms with Crippen molar-refractivity contribution >= 4 is 5.91 Å². The van der Waals surface area contributed by atoms with Gasteiger partial charge >= 0.3 is 0 Å². The number of aromatic nitrogens is 1. The molecule has 0 radical (unpaired) electrons. The molecule has 5 heteroatoms. The third kappa shape index (κ3) is 4.17. The van der Waals surface area contributed by atoms with Crippen LogP contribution in [-0.2, 0) is 4.74 Å². The van der Waals surface area contributed by atoms with Crippen LogP contribution in [0.5, 0.6) is 0 Å². The second kappa shape index (κ2) is 7.66. The first-order valence-electron chi connectivity index (χ1n) is 8.76. The SMILES string of the molecule is CC(C)c1ccc(C(=O)NC[C@H]2CC[C@H](c3ccccc3)O2)c(=O)[nH]1. The Hall–Kier alpha value is -2.40. The minimum absolute atomic E-state index is 0.0248. The van der Waals surface area contributed by atoms with Gasteiger partial charge in [-0.1, -0.05) is 44.2 Å². The topological polar surface area (TPSA) is 71.2 Å². The van der Waals surface area contributed by atoms with E-state index >= 15 is 0 Å². The number of pyridine rings is 1. The van der Waals surface area contributed by atoms with E-state index in [1.165, 1.54) is 0 Å². The van der Waals surface area contributed by atoms with Crippen LogP contribution in [0.3, 0.4) is 0 Å². The fourth-order valence-electron chi connectivity index (χ4n) is 3.07. The molecule has 0 saturated carbocycles. The lowest BCUT2D eigenvalue weighted by molar-refractivity contribution is 0.0435. The molecule has 1 aromatic heterocycles. The average Bonchev–Trinajstić information content (AvgIpc) is 3.09. The summed E-state index contributed by atoms with van der Waals surface area (Å²) in [5.74, 6) is -0.144. The Morgan fingerprint density at radius 3 is 2.64 bits per heavy atom. The number of hydrogen-bond acceptors (Lipinski definition) is 3. The van der Waals surface area contributed by atoms with Gasteiger partial charge in [-0.15, -0.1) is 0 Å². The van der Waals surface area contributed by atoms with Crippen molar-refractivity contribution in [3.05, 3.63) is 69.6 Å². The molecule has 1 saturated heterocycles. The van der Waals surface area contributed by atoms with Gasteiger partial charge in [-0.3, -0.25) is 9.59 Å². The number of carbonyl (C=O) groups is 1. The molecule has 132 valence electrons. The molecule has 0 spiro atoms. The lowest BCUT2D eigenvalue weighted by atomic mass is 10.1. The third-order valence-corrected chi connectivity index (χ3v) is 4.57. The molecule has 2 heterocycles. The highest BCUT2D eigenvalue weighted by Crippen LogP contribution is 2.32. The molecule has 1 fully saturated rings.